The maximum absolute atomic E-state index is 12.1. The van der Waals surface area contributed by atoms with Gasteiger partial charge in [0.1, 0.15) is 6.61 Å². The Morgan fingerprint density at radius 2 is 1.75 bits per heavy atom. The zero-order valence-corrected chi connectivity index (χ0v) is 14.8. The molecular formula is C19H29NO4. The number of ketones is 1. The molecule has 0 aliphatic heterocycles. The Balaban J connectivity index is 2.13. The minimum absolute atomic E-state index is 0.0277. The van der Waals surface area contributed by atoms with E-state index in [1.807, 2.05) is 31.2 Å². The van der Waals surface area contributed by atoms with Crippen molar-refractivity contribution in [3.8, 4) is 0 Å². The number of aryl methyl sites for hydroxylation is 1. The molecule has 0 aliphatic rings. The van der Waals surface area contributed by atoms with Gasteiger partial charge < -0.3 is 14.8 Å². The van der Waals surface area contributed by atoms with Gasteiger partial charge in [-0.2, -0.15) is 0 Å². The average Bonchev–Trinajstić information content (AvgIpc) is 2.59. The van der Waals surface area contributed by atoms with Crippen LogP contribution in [0.15, 0.2) is 24.3 Å². The Kier molecular flexibility index (Phi) is 10.7. The van der Waals surface area contributed by atoms with E-state index in [0.29, 0.717) is 39.2 Å². The van der Waals surface area contributed by atoms with E-state index < -0.39 is 0 Å². The van der Waals surface area contributed by atoms with Crippen molar-refractivity contribution < 1.29 is 19.1 Å². The first-order valence-electron chi connectivity index (χ1n) is 8.71. The van der Waals surface area contributed by atoms with E-state index in [-0.39, 0.29) is 18.3 Å². The van der Waals surface area contributed by atoms with Gasteiger partial charge in [0.05, 0.1) is 13.2 Å². The first-order valence-corrected chi connectivity index (χ1v) is 8.71. The lowest BCUT2D eigenvalue weighted by Crippen LogP contribution is -2.29. The molecule has 0 fully saturated rings. The lowest BCUT2D eigenvalue weighted by atomic mass is 10.0. The normalized spacial score (nSPS) is 10.6. The van der Waals surface area contributed by atoms with Crippen molar-refractivity contribution in [2.75, 3.05) is 33.0 Å². The molecule has 1 aromatic rings. The van der Waals surface area contributed by atoms with Crippen LogP contribution in [0.4, 0.5) is 0 Å². The third-order valence-corrected chi connectivity index (χ3v) is 3.53. The molecule has 5 nitrogen and oxygen atoms in total. The topological polar surface area (TPSA) is 64.6 Å². The molecule has 24 heavy (non-hydrogen) atoms. The van der Waals surface area contributed by atoms with Crippen LogP contribution >= 0.6 is 0 Å². The Bertz CT molecular complexity index is 485. The molecule has 1 amide bonds. The second-order valence-electron chi connectivity index (χ2n) is 5.57. The molecule has 1 rings (SSSR count). The highest BCUT2D eigenvalue weighted by Gasteiger charge is 2.06. The number of rotatable bonds is 13. The van der Waals surface area contributed by atoms with Gasteiger partial charge in [-0.1, -0.05) is 37.6 Å². The first-order chi connectivity index (χ1) is 11.7. The summed E-state index contributed by atoms with van der Waals surface area (Å²) in [7, 11) is 0. The van der Waals surface area contributed by atoms with Gasteiger partial charge in [-0.25, -0.2) is 0 Å². The minimum Gasteiger partial charge on any atom is -0.379 e. The van der Waals surface area contributed by atoms with Crippen LogP contribution in [0, 0.1) is 0 Å². The number of nitrogens with one attached hydrogen (secondary N) is 1. The van der Waals surface area contributed by atoms with E-state index >= 15 is 0 Å². The van der Waals surface area contributed by atoms with E-state index in [4.69, 9.17) is 9.47 Å². The molecule has 0 saturated heterocycles. The van der Waals surface area contributed by atoms with Gasteiger partial charge in [0.15, 0.2) is 5.78 Å². The second kappa shape index (κ2) is 12.7. The predicted molar refractivity (Wildman–Crippen MR) is 94.3 cm³/mol. The van der Waals surface area contributed by atoms with Crippen LogP contribution in [0.25, 0.3) is 0 Å². The van der Waals surface area contributed by atoms with E-state index in [1.54, 1.807) is 0 Å². The van der Waals surface area contributed by atoms with Gasteiger partial charge in [-0.15, -0.1) is 0 Å². The molecule has 0 radical (unpaired) electrons. The third-order valence-electron chi connectivity index (χ3n) is 3.53. The monoisotopic (exact) mass is 335 g/mol. The molecule has 0 aromatic heterocycles. The van der Waals surface area contributed by atoms with Crippen LogP contribution in [-0.2, 0) is 20.7 Å². The fraction of sp³-hybridized carbons (Fsp3) is 0.579. The van der Waals surface area contributed by atoms with Gasteiger partial charge in [-0.3, -0.25) is 9.59 Å². The summed E-state index contributed by atoms with van der Waals surface area (Å²) in [6, 6.07) is 7.80. The summed E-state index contributed by atoms with van der Waals surface area (Å²) in [5, 5.41) is 2.75. The lowest BCUT2D eigenvalue weighted by Gasteiger charge is -2.07. The molecule has 0 aliphatic carbocycles. The zero-order valence-electron chi connectivity index (χ0n) is 14.8. The van der Waals surface area contributed by atoms with Crippen molar-refractivity contribution in [1.29, 1.82) is 0 Å². The summed E-state index contributed by atoms with van der Waals surface area (Å²) in [6.45, 7) is 6.10. The molecule has 0 bridgehead atoms. The Labute approximate surface area is 144 Å². The molecule has 0 heterocycles. The van der Waals surface area contributed by atoms with Crippen LogP contribution in [0.5, 0.6) is 0 Å². The number of carbonyl (C=O) groups excluding carboxylic acids is 2. The molecule has 0 atom stereocenters. The van der Waals surface area contributed by atoms with Gasteiger partial charge >= 0.3 is 0 Å². The summed E-state index contributed by atoms with van der Waals surface area (Å²) in [5.41, 5.74) is 1.99. The molecule has 0 spiro atoms. The van der Waals surface area contributed by atoms with Crippen molar-refractivity contribution in [1.82, 2.24) is 5.32 Å². The number of benzene rings is 1. The number of carbonyl (C=O) groups is 2. The van der Waals surface area contributed by atoms with Crippen LogP contribution < -0.4 is 5.32 Å². The minimum atomic E-state index is -0.164. The Morgan fingerprint density at radius 3 is 2.42 bits per heavy atom. The SMILES string of the molecule is CCCc1ccc(C(=O)CCCNC(=O)COCCOCC)cc1. The van der Waals surface area contributed by atoms with Crippen molar-refractivity contribution in [3.63, 3.8) is 0 Å². The first kappa shape index (κ1) is 20.3. The summed E-state index contributed by atoms with van der Waals surface area (Å²) in [6.07, 6.45) is 3.19. The van der Waals surface area contributed by atoms with Crippen LogP contribution in [0.1, 0.15) is 49.0 Å². The summed E-state index contributed by atoms with van der Waals surface area (Å²) in [5.74, 6) is -0.0527. The van der Waals surface area contributed by atoms with Crippen LogP contribution in [0.2, 0.25) is 0 Å². The number of amides is 1. The second-order valence-corrected chi connectivity index (χ2v) is 5.57. The molecule has 1 aromatic carbocycles. The summed E-state index contributed by atoms with van der Waals surface area (Å²) in [4.78, 5) is 23.6. The highest BCUT2D eigenvalue weighted by molar-refractivity contribution is 5.96. The fourth-order valence-electron chi connectivity index (χ4n) is 2.25. The zero-order chi connectivity index (χ0) is 17.6. The highest BCUT2D eigenvalue weighted by Crippen LogP contribution is 2.09. The van der Waals surface area contributed by atoms with Crippen LogP contribution in [0.3, 0.4) is 0 Å². The van der Waals surface area contributed by atoms with Crippen molar-refractivity contribution in [2.24, 2.45) is 0 Å². The van der Waals surface area contributed by atoms with Crippen molar-refractivity contribution in [2.45, 2.75) is 39.5 Å². The van der Waals surface area contributed by atoms with Crippen LogP contribution in [-0.4, -0.2) is 44.7 Å². The smallest absolute Gasteiger partial charge is 0.245 e. The largest absolute Gasteiger partial charge is 0.379 e. The number of hydrogen-bond donors (Lipinski definition) is 1. The lowest BCUT2D eigenvalue weighted by molar-refractivity contribution is -0.126. The van der Waals surface area contributed by atoms with Gasteiger partial charge in [-0.05, 0) is 25.3 Å². The molecular weight excluding hydrogens is 306 g/mol. The standard InChI is InChI=1S/C19H29NO4/c1-3-6-16-8-10-17(11-9-16)18(21)7-5-12-20-19(22)15-24-14-13-23-4-2/h8-11H,3-7,12-15H2,1-2H3,(H,20,22). The fourth-order valence-corrected chi connectivity index (χ4v) is 2.25. The maximum Gasteiger partial charge on any atom is 0.245 e. The summed E-state index contributed by atoms with van der Waals surface area (Å²) < 4.78 is 10.3. The average molecular weight is 335 g/mol. The number of ether oxygens (including phenoxy) is 2. The highest BCUT2D eigenvalue weighted by atomic mass is 16.5. The summed E-state index contributed by atoms with van der Waals surface area (Å²) >= 11 is 0. The number of Topliss-reactive ketones (excluding diaryl/α,β-unsaturated/α-hetero) is 1. The molecule has 5 heteroatoms. The molecule has 134 valence electrons. The number of hydrogen-bond acceptors (Lipinski definition) is 4. The van der Waals surface area contributed by atoms with Crippen molar-refractivity contribution >= 4 is 11.7 Å². The van der Waals surface area contributed by atoms with E-state index in [0.717, 1.165) is 18.4 Å². The molecule has 0 saturated carbocycles. The Hall–Kier alpha value is -1.72. The van der Waals surface area contributed by atoms with Gasteiger partial charge in [0.25, 0.3) is 0 Å². The quantitative estimate of drug-likeness (QED) is 0.445. The molecule has 1 N–H and O–H groups in total. The molecule has 0 unspecified atom stereocenters. The maximum atomic E-state index is 12.1. The predicted octanol–water partition coefficient (Wildman–Crippen LogP) is 2.77. The van der Waals surface area contributed by atoms with E-state index in [9.17, 15) is 9.59 Å². The Morgan fingerprint density at radius 1 is 1.04 bits per heavy atom. The van der Waals surface area contributed by atoms with E-state index in [2.05, 4.69) is 12.2 Å². The van der Waals surface area contributed by atoms with Gasteiger partial charge in [0, 0.05) is 25.1 Å². The third kappa shape index (κ3) is 8.79. The van der Waals surface area contributed by atoms with Crippen molar-refractivity contribution in [3.05, 3.63) is 35.4 Å². The van der Waals surface area contributed by atoms with E-state index in [1.165, 1.54) is 5.56 Å². The van der Waals surface area contributed by atoms with Gasteiger partial charge in [0.2, 0.25) is 5.91 Å².